The zero-order chi connectivity index (χ0) is 20.4. The zero-order valence-electron chi connectivity index (χ0n) is 15.1. The normalized spacial score (nSPS) is 16.7. The van der Waals surface area contributed by atoms with Gasteiger partial charge in [-0.15, -0.1) is 0 Å². The predicted octanol–water partition coefficient (Wildman–Crippen LogP) is 2.47. The zero-order valence-corrected chi connectivity index (χ0v) is 17.3. The van der Waals surface area contributed by atoms with Crippen molar-refractivity contribution in [2.24, 2.45) is 5.73 Å². The average molecular weight is 496 g/mol. The van der Waals surface area contributed by atoms with E-state index in [-0.39, 0.29) is 22.8 Å². The second kappa shape index (κ2) is 8.15. The van der Waals surface area contributed by atoms with Crippen LogP contribution >= 0.6 is 22.6 Å². The summed E-state index contributed by atoms with van der Waals surface area (Å²) in [4.78, 5) is 17.6. The number of aromatic nitrogens is 1. The van der Waals surface area contributed by atoms with Crippen LogP contribution in [0.5, 0.6) is 5.75 Å². The molecule has 0 bridgehead atoms. The quantitative estimate of drug-likeness (QED) is 0.551. The first-order valence-electron chi connectivity index (χ1n) is 8.25. The molecule has 7 nitrogen and oxygen atoms in total. The number of anilines is 1. The molecule has 1 aromatic carbocycles. The highest BCUT2D eigenvalue weighted by atomic mass is 127. The highest BCUT2D eigenvalue weighted by Gasteiger charge is 2.31. The van der Waals surface area contributed by atoms with Crippen molar-refractivity contribution in [2.75, 3.05) is 12.4 Å². The van der Waals surface area contributed by atoms with E-state index in [2.05, 4.69) is 10.3 Å². The minimum absolute atomic E-state index is 0.0211. The van der Waals surface area contributed by atoms with E-state index in [1.165, 1.54) is 29.3 Å². The highest BCUT2D eigenvalue weighted by molar-refractivity contribution is 14.1. The Morgan fingerprint density at radius 3 is 2.79 bits per heavy atom. The fraction of sp³-hybridized carbons (Fsp3) is 0.158. The molecule has 2 heterocycles. The molecule has 1 aliphatic heterocycles. The molecule has 4 N–H and O–H groups in total. The maximum absolute atomic E-state index is 14.3. The molecule has 0 radical (unpaired) electrons. The van der Waals surface area contributed by atoms with Gasteiger partial charge >= 0.3 is 0 Å². The largest absolute Gasteiger partial charge is 0.455 e. The lowest BCUT2D eigenvalue weighted by Crippen LogP contribution is -2.40. The molecule has 1 aromatic heterocycles. The van der Waals surface area contributed by atoms with Crippen molar-refractivity contribution in [1.29, 1.82) is 0 Å². The van der Waals surface area contributed by atoms with Gasteiger partial charge in [0.2, 0.25) is 0 Å². The summed E-state index contributed by atoms with van der Waals surface area (Å²) < 4.78 is 20.8. The van der Waals surface area contributed by atoms with E-state index >= 15 is 0 Å². The van der Waals surface area contributed by atoms with Gasteiger partial charge in [0.15, 0.2) is 6.23 Å². The summed E-state index contributed by atoms with van der Waals surface area (Å²) in [5.74, 6) is -0.747. The Morgan fingerprint density at radius 2 is 2.14 bits per heavy atom. The molecule has 9 heteroatoms. The third-order valence-electron chi connectivity index (χ3n) is 4.04. The molecular formula is C19H18FIN4O3. The number of aryl methyl sites for hydroxylation is 1. The van der Waals surface area contributed by atoms with Crippen molar-refractivity contribution in [3.8, 4) is 5.75 Å². The maximum Gasteiger partial charge on any atom is 0.256 e. The molecule has 0 fully saturated rings. The molecule has 1 aliphatic rings. The van der Waals surface area contributed by atoms with E-state index in [0.29, 0.717) is 5.75 Å². The smallest absolute Gasteiger partial charge is 0.256 e. The number of nitrogens with one attached hydrogen (secondary N) is 1. The Kier molecular flexibility index (Phi) is 5.84. The number of benzene rings is 1. The molecule has 0 aliphatic carbocycles. The maximum atomic E-state index is 14.3. The van der Waals surface area contributed by atoms with Crippen LogP contribution in [0.2, 0.25) is 0 Å². The second-order valence-corrected chi connectivity index (χ2v) is 7.44. The Labute approximate surface area is 174 Å². The molecule has 0 spiro atoms. The lowest BCUT2D eigenvalue weighted by molar-refractivity contribution is -0.114. The summed E-state index contributed by atoms with van der Waals surface area (Å²) in [5, 5.41) is 13.2. The monoisotopic (exact) mass is 496 g/mol. The summed E-state index contributed by atoms with van der Waals surface area (Å²) >= 11 is 1.99. The van der Waals surface area contributed by atoms with Gasteiger partial charge in [0.1, 0.15) is 28.7 Å². The molecule has 28 heavy (non-hydrogen) atoms. The molecule has 0 saturated carbocycles. The van der Waals surface area contributed by atoms with Gasteiger partial charge < -0.3 is 25.8 Å². The van der Waals surface area contributed by atoms with Gasteiger partial charge in [-0.05, 0) is 59.3 Å². The first-order valence-corrected chi connectivity index (χ1v) is 9.33. The highest BCUT2D eigenvalue weighted by Crippen LogP contribution is 2.30. The summed E-state index contributed by atoms with van der Waals surface area (Å²) in [6, 6.07) is 6.31. The first-order chi connectivity index (χ1) is 13.3. The SMILES string of the molecule is Cc1cncc(OC2=CC(O)N(C)C(Nc3ccc(I)cc3F)=C2C(N)=O)c1. The van der Waals surface area contributed by atoms with E-state index in [1.54, 1.807) is 25.4 Å². The summed E-state index contributed by atoms with van der Waals surface area (Å²) in [6.45, 7) is 1.84. The fourth-order valence-corrected chi connectivity index (χ4v) is 3.11. The lowest BCUT2D eigenvalue weighted by Gasteiger charge is -2.33. The number of likely N-dealkylation sites (N-methyl/N-ethyl adjacent to an activating group) is 1. The van der Waals surface area contributed by atoms with Gasteiger partial charge in [0.05, 0.1) is 11.9 Å². The van der Waals surface area contributed by atoms with E-state index in [4.69, 9.17) is 10.5 Å². The number of aliphatic hydroxyl groups excluding tert-OH is 1. The summed E-state index contributed by atoms with van der Waals surface area (Å²) in [6.07, 6.45) is 3.36. The van der Waals surface area contributed by atoms with Crippen LogP contribution in [0.3, 0.4) is 0 Å². The molecule has 1 atom stereocenters. The van der Waals surface area contributed by atoms with Crippen LogP contribution in [0.4, 0.5) is 10.1 Å². The molecule has 146 valence electrons. The van der Waals surface area contributed by atoms with E-state index in [0.717, 1.165) is 9.13 Å². The third kappa shape index (κ3) is 4.25. The van der Waals surface area contributed by atoms with Gasteiger partial charge in [-0.3, -0.25) is 9.78 Å². The number of carbonyl (C=O) groups excluding carboxylic acids is 1. The Bertz CT molecular complexity index is 993. The van der Waals surface area contributed by atoms with Crippen LogP contribution in [-0.4, -0.2) is 34.2 Å². The first kappa shape index (κ1) is 20.1. The Hall–Kier alpha value is -2.66. The van der Waals surface area contributed by atoms with Crippen molar-refractivity contribution in [2.45, 2.75) is 13.2 Å². The van der Waals surface area contributed by atoms with Crippen LogP contribution in [0, 0.1) is 16.3 Å². The summed E-state index contributed by atoms with van der Waals surface area (Å²) in [7, 11) is 1.54. The predicted molar refractivity (Wildman–Crippen MR) is 110 cm³/mol. The van der Waals surface area contributed by atoms with Crippen molar-refractivity contribution >= 4 is 34.2 Å². The molecule has 0 saturated heterocycles. The number of nitrogens with two attached hydrogens (primary N) is 1. The number of hydrogen-bond acceptors (Lipinski definition) is 6. The van der Waals surface area contributed by atoms with Gasteiger partial charge in [0.25, 0.3) is 5.91 Å². The number of nitrogens with zero attached hydrogens (tertiary/aromatic N) is 2. The number of carbonyl (C=O) groups is 1. The Morgan fingerprint density at radius 1 is 1.39 bits per heavy atom. The van der Waals surface area contributed by atoms with Gasteiger partial charge in [0, 0.05) is 22.9 Å². The van der Waals surface area contributed by atoms with Gasteiger partial charge in [-0.2, -0.15) is 0 Å². The molecule has 1 amide bonds. The van der Waals surface area contributed by atoms with Crippen LogP contribution in [0.25, 0.3) is 0 Å². The molecule has 3 rings (SSSR count). The number of amides is 1. The fourth-order valence-electron chi connectivity index (χ4n) is 2.66. The van der Waals surface area contributed by atoms with Crippen molar-refractivity contribution in [1.82, 2.24) is 9.88 Å². The topological polar surface area (TPSA) is 101 Å². The third-order valence-corrected chi connectivity index (χ3v) is 4.71. The molecule has 1 unspecified atom stereocenters. The minimum Gasteiger partial charge on any atom is -0.455 e. The average Bonchev–Trinajstić information content (AvgIpc) is 2.61. The molecular weight excluding hydrogens is 478 g/mol. The number of primary amides is 1. The number of rotatable bonds is 5. The van der Waals surface area contributed by atoms with Gasteiger partial charge in [-0.25, -0.2) is 4.39 Å². The van der Waals surface area contributed by atoms with Crippen molar-refractivity contribution < 1.29 is 19.0 Å². The number of ether oxygens (including phenoxy) is 1. The van der Waals surface area contributed by atoms with Crippen LogP contribution in [0.1, 0.15) is 5.56 Å². The lowest BCUT2D eigenvalue weighted by atomic mass is 10.1. The number of halogens is 2. The number of hydrogen-bond donors (Lipinski definition) is 3. The number of pyridine rings is 1. The molecule has 2 aromatic rings. The second-order valence-electron chi connectivity index (χ2n) is 6.19. The van der Waals surface area contributed by atoms with E-state index in [1.807, 2.05) is 29.5 Å². The van der Waals surface area contributed by atoms with Crippen molar-refractivity contribution in [3.63, 3.8) is 0 Å². The Balaban J connectivity index is 2.04. The minimum atomic E-state index is -1.12. The summed E-state index contributed by atoms with van der Waals surface area (Å²) in [5.41, 5.74) is 6.55. The van der Waals surface area contributed by atoms with Crippen LogP contribution in [0.15, 0.2) is 59.9 Å². The van der Waals surface area contributed by atoms with Crippen molar-refractivity contribution in [3.05, 3.63) is 74.8 Å². The standard InChI is InChI=1S/C19H18FIN4O3/c1-10-5-12(9-23-8-10)28-15-7-16(26)25(2)19(17(15)18(22)27)24-14-4-3-11(21)6-13(14)20/h3-9,16,24,26H,1-2H3,(H2,22,27). The van der Waals surface area contributed by atoms with E-state index in [9.17, 15) is 14.3 Å². The van der Waals surface area contributed by atoms with Gasteiger partial charge in [-0.1, -0.05) is 0 Å². The van der Waals surface area contributed by atoms with E-state index < -0.39 is 18.0 Å². The number of aliphatic hydroxyl groups is 1. The van der Waals surface area contributed by atoms with Crippen LogP contribution < -0.4 is 15.8 Å². The van der Waals surface area contributed by atoms with Crippen LogP contribution in [-0.2, 0) is 4.79 Å².